The van der Waals surface area contributed by atoms with E-state index in [1.807, 2.05) is 0 Å². The van der Waals surface area contributed by atoms with Crippen LogP contribution in [-0.2, 0) is 20.2 Å². The zero-order valence-corrected chi connectivity index (χ0v) is 14.5. The lowest BCUT2D eigenvalue weighted by Crippen LogP contribution is -2.35. The first kappa shape index (κ1) is 17.2. The summed E-state index contributed by atoms with van der Waals surface area (Å²) in [5.74, 6) is 0.245. The number of aromatic nitrogens is 1. The maximum atomic E-state index is 12.3. The molecular formula is C14H13N3O6S2. The lowest BCUT2D eigenvalue weighted by molar-refractivity contribution is 0.417. The Morgan fingerprint density at radius 2 is 1.84 bits per heavy atom. The Hall–Kier alpha value is -2.63. The first-order valence-corrected chi connectivity index (χ1v) is 9.80. The first-order chi connectivity index (χ1) is 11.8. The lowest BCUT2D eigenvalue weighted by atomic mass is 10.3. The van der Waals surface area contributed by atoms with Gasteiger partial charge >= 0.3 is 10.2 Å². The molecule has 3 rings (SSSR count). The molecule has 0 aliphatic heterocycles. The van der Waals surface area contributed by atoms with Gasteiger partial charge in [0.25, 0.3) is 10.0 Å². The summed E-state index contributed by atoms with van der Waals surface area (Å²) in [6.07, 6.45) is 1.16. The van der Waals surface area contributed by atoms with Gasteiger partial charge in [-0.2, -0.15) is 8.42 Å². The molecule has 0 fully saturated rings. The molecule has 0 unspecified atom stereocenters. The monoisotopic (exact) mass is 383 g/mol. The summed E-state index contributed by atoms with van der Waals surface area (Å²) in [6.45, 7) is 0. The molecule has 0 atom stereocenters. The van der Waals surface area contributed by atoms with Crippen LogP contribution in [0.2, 0.25) is 0 Å². The highest BCUT2D eigenvalue weighted by atomic mass is 32.3. The zero-order chi connectivity index (χ0) is 18.1. The van der Waals surface area contributed by atoms with E-state index in [0.29, 0.717) is 5.58 Å². The van der Waals surface area contributed by atoms with E-state index in [4.69, 9.17) is 9.15 Å². The number of nitrogens with one attached hydrogen (secondary N) is 2. The van der Waals surface area contributed by atoms with Crippen LogP contribution in [0.15, 0.2) is 58.2 Å². The molecule has 0 aliphatic rings. The average Bonchev–Trinajstić information content (AvgIpc) is 3.01. The van der Waals surface area contributed by atoms with Crippen molar-refractivity contribution in [2.75, 3.05) is 11.8 Å². The number of benzene rings is 2. The van der Waals surface area contributed by atoms with Crippen LogP contribution in [-0.4, -0.2) is 28.9 Å². The molecule has 2 aromatic carbocycles. The maximum absolute atomic E-state index is 12.3. The van der Waals surface area contributed by atoms with E-state index >= 15 is 0 Å². The summed E-state index contributed by atoms with van der Waals surface area (Å²) in [5.41, 5.74) is 0.770. The number of rotatable bonds is 6. The molecule has 1 aromatic heterocycles. The Bertz CT molecular complexity index is 1120. The van der Waals surface area contributed by atoms with Gasteiger partial charge in [0.1, 0.15) is 11.3 Å². The van der Waals surface area contributed by atoms with Crippen molar-refractivity contribution >= 4 is 37.0 Å². The normalized spacial score (nSPS) is 12.2. The van der Waals surface area contributed by atoms with Gasteiger partial charge in [-0.15, -0.1) is 0 Å². The van der Waals surface area contributed by atoms with Crippen molar-refractivity contribution in [3.05, 3.63) is 48.9 Å². The number of para-hydroxylation sites is 2. The molecule has 11 heteroatoms. The van der Waals surface area contributed by atoms with E-state index in [1.54, 1.807) is 16.3 Å². The first-order valence-electron chi connectivity index (χ1n) is 6.83. The number of fused-ring (bicyclic) bond motifs is 1. The van der Waals surface area contributed by atoms with Crippen LogP contribution in [0.4, 0.5) is 5.69 Å². The molecule has 0 bridgehead atoms. The van der Waals surface area contributed by atoms with Crippen molar-refractivity contribution in [3.63, 3.8) is 0 Å². The molecule has 0 saturated heterocycles. The van der Waals surface area contributed by atoms with Crippen LogP contribution in [0.5, 0.6) is 5.75 Å². The summed E-state index contributed by atoms with van der Waals surface area (Å²) < 4.78 is 62.8. The van der Waals surface area contributed by atoms with Crippen LogP contribution >= 0.6 is 0 Å². The third-order valence-electron chi connectivity index (χ3n) is 3.18. The summed E-state index contributed by atoms with van der Waals surface area (Å²) in [6, 6.07) is 10.0. The third kappa shape index (κ3) is 3.73. The van der Waals surface area contributed by atoms with E-state index in [1.165, 1.54) is 37.4 Å². The SMILES string of the molecule is COc1ccccc1NS(=O)(=O)NS(=O)(=O)c1ccc2ocnc2c1. The van der Waals surface area contributed by atoms with Crippen LogP contribution in [0.3, 0.4) is 0 Å². The number of nitrogens with zero attached hydrogens (tertiary/aromatic N) is 1. The number of oxazole rings is 1. The number of ether oxygens (including phenoxy) is 1. The minimum absolute atomic E-state index is 0.0969. The Kier molecular flexibility index (Phi) is 4.37. The number of hydrogen-bond donors (Lipinski definition) is 2. The summed E-state index contributed by atoms with van der Waals surface area (Å²) >= 11 is 0. The fourth-order valence-electron chi connectivity index (χ4n) is 2.09. The second-order valence-electron chi connectivity index (χ2n) is 4.87. The predicted molar refractivity (Wildman–Crippen MR) is 89.9 cm³/mol. The Balaban J connectivity index is 1.88. The topological polar surface area (TPSA) is 128 Å². The van der Waals surface area contributed by atoms with E-state index in [9.17, 15) is 16.8 Å². The summed E-state index contributed by atoms with van der Waals surface area (Å²) in [5, 5.41) is 0. The molecule has 9 nitrogen and oxygen atoms in total. The molecule has 132 valence electrons. The highest BCUT2D eigenvalue weighted by molar-refractivity contribution is 8.05. The van der Waals surface area contributed by atoms with Gasteiger partial charge in [0.05, 0.1) is 17.7 Å². The lowest BCUT2D eigenvalue weighted by Gasteiger charge is -2.12. The Morgan fingerprint density at radius 3 is 2.60 bits per heavy atom. The van der Waals surface area contributed by atoms with E-state index < -0.39 is 20.2 Å². The van der Waals surface area contributed by atoms with Gasteiger partial charge in [-0.3, -0.25) is 4.72 Å². The maximum Gasteiger partial charge on any atom is 0.312 e. The van der Waals surface area contributed by atoms with Gasteiger partial charge in [-0.1, -0.05) is 16.3 Å². The quantitative estimate of drug-likeness (QED) is 0.660. The van der Waals surface area contributed by atoms with E-state index in [-0.39, 0.29) is 21.8 Å². The molecule has 0 spiro atoms. The van der Waals surface area contributed by atoms with Crippen molar-refractivity contribution in [3.8, 4) is 5.75 Å². The molecule has 0 amide bonds. The van der Waals surface area contributed by atoms with E-state index in [0.717, 1.165) is 6.39 Å². The summed E-state index contributed by atoms with van der Waals surface area (Å²) in [4.78, 5) is 3.57. The predicted octanol–water partition coefficient (Wildman–Crippen LogP) is 1.47. The fourth-order valence-corrected chi connectivity index (χ4v) is 4.77. The molecular weight excluding hydrogens is 370 g/mol. The van der Waals surface area contributed by atoms with Crippen LogP contribution in [0.1, 0.15) is 0 Å². The van der Waals surface area contributed by atoms with Gasteiger partial charge in [0, 0.05) is 0 Å². The third-order valence-corrected chi connectivity index (χ3v) is 6.30. The summed E-state index contributed by atoms with van der Waals surface area (Å²) in [7, 11) is -7.41. The van der Waals surface area contributed by atoms with Crippen molar-refractivity contribution in [1.29, 1.82) is 0 Å². The van der Waals surface area contributed by atoms with Crippen molar-refractivity contribution in [2.24, 2.45) is 0 Å². The molecule has 25 heavy (non-hydrogen) atoms. The van der Waals surface area contributed by atoms with Gasteiger partial charge < -0.3 is 9.15 Å². The average molecular weight is 383 g/mol. The molecule has 0 radical (unpaired) electrons. The number of sulfonamides is 1. The largest absolute Gasteiger partial charge is 0.495 e. The molecule has 3 aromatic rings. The minimum atomic E-state index is -4.42. The van der Waals surface area contributed by atoms with Gasteiger partial charge in [0.15, 0.2) is 12.0 Å². The van der Waals surface area contributed by atoms with Crippen LogP contribution in [0.25, 0.3) is 11.1 Å². The van der Waals surface area contributed by atoms with Crippen molar-refractivity contribution in [1.82, 2.24) is 9.11 Å². The Labute approximate surface area is 143 Å². The highest BCUT2D eigenvalue weighted by Crippen LogP contribution is 2.24. The van der Waals surface area contributed by atoms with Crippen molar-refractivity contribution in [2.45, 2.75) is 4.90 Å². The molecule has 0 aliphatic carbocycles. The minimum Gasteiger partial charge on any atom is -0.495 e. The van der Waals surface area contributed by atoms with Crippen LogP contribution < -0.4 is 13.6 Å². The van der Waals surface area contributed by atoms with Gasteiger partial charge in [0.2, 0.25) is 0 Å². The number of anilines is 1. The van der Waals surface area contributed by atoms with Gasteiger partial charge in [-0.05, 0) is 30.3 Å². The second-order valence-corrected chi connectivity index (χ2v) is 8.23. The Morgan fingerprint density at radius 1 is 1.08 bits per heavy atom. The zero-order valence-electron chi connectivity index (χ0n) is 12.8. The second kappa shape index (κ2) is 6.35. The molecule has 2 N–H and O–H groups in total. The highest BCUT2D eigenvalue weighted by Gasteiger charge is 2.24. The number of hydrogen-bond acceptors (Lipinski definition) is 7. The van der Waals surface area contributed by atoms with E-state index in [2.05, 4.69) is 9.71 Å². The number of methoxy groups -OCH3 is 1. The molecule has 0 saturated carbocycles. The standard InChI is InChI=1S/C14H13N3O6S2/c1-22-13-5-3-2-4-11(13)16-25(20,21)17-24(18,19)10-6-7-14-12(8-10)15-9-23-14/h2-9,16-17H,1H3. The fraction of sp³-hybridized carbons (Fsp3) is 0.0714. The van der Waals surface area contributed by atoms with Crippen molar-refractivity contribution < 1.29 is 26.0 Å². The van der Waals surface area contributed by atoms with Gasteiger partial charge in [-0.25, -0.2) is 13.4 Å². The smallest absolute Gasteiger partial charge is 0.312 e. The van der Waals surface area contributed by atoms with Crippen LogP contribution in [0, 0.1) is 0 Å². The molecule has 1 heterocycles.